The molecule has 0 saturated heterocycles. The zero-order valence-corrected chi connectivity index (χ0v) is 13.8. The van der Waals surface area contributed by atoms with Gasteiger partial charge in [0.2, 0.25) is 0 Å². The molecule has 2 rings (SSSR count). The Bertz CT molecular complexity index is 522. The zero-order valence-electron chi connectivity index (χ0n) is 13.8. The van der Waals surface area contributed by atoms with Crippen LogP contribution in [0.2, 0.25) is 0 Å². The van der Waals surface area contributed by atoms with Gasteiger partial charge in [-0.3, -0.25) is 4.90 Å². The molecule has 0 aromatic heterocycles. The summed E-state index contributed by atoms with van der Waals surface area (Å²) in [5.74, 6) is 0.576. The Balaban J connectivity index is 0.00000220. The molecule has 0 spiro atoms. The molecule has 0 fully saturated rings. The molecule has 1 nitrogen and oxygen atoms in total. The van der Waals surface area contributed by atoms with E-state index in [1.807, 2.05) is 0 Å². The first kappa shape index (κ1) is 18.0. The van der Waals surface area contributed by atoms with Gasteiger partial charge in [-0.25, -0.2) is 0 Å². The van der Waals surface area contributed by atoms with Gasteiger partial charge in [-0.2, -0.15) is 29.8 Å². The van der Waals surface area contributed by atoms with E-state index < -0.39 is 0 Å². The summed E-state index contributed by atoms with van der Waals surface area (Å²) >= 11 is 0. The largest absolute Gasteiger partial charge is 1.00 e. The van der Waals surface area contributed by atoms with Gasteiger partial charge in [0.15, 0.2) is 0 Å². The fourth-order valence-corrected chi connectivity index (χ4v) is 2.35. The van der Waals surface area contributed by atoms with Gasteiger partial charge < -0.3 is 0 Å². The summed E-state index contributed by atoms with van der Waals surface area (Å²) in [6.07, 6.45) is 0. The maximum atomic E-state index is 3.37. The van der Waals surface area contributed by atoms with Crippen molar-refractivity contribution in [1.82, 2.24) is 4.90 Å². The van der Waals surface area contributed by atoms with E-state index in [-0.39, 0.29) is 18.9 Å². The normalized spacial score (nSPS) is 10.7. The summed E-state index contributed by atoms with van der Waals surface area (Å²) in [6.45, 7) is 9.70. The molecule has 0 atom stereocenters. The Morgan fingerprint density at radius 2 is 1.76 bits per heavy atom. The van der Waals surface area contributed by atoms with Crippen LogP contribution in [0.5, 0.6) is 0 Å². The van der Waals surface area contributed by atoms with E-state index in [0.717, 1.165) is 19.6 Å². The second kappa shape index (κ2) is 9.10. The number of benzene rings is 2. The molecule has 0 saturated carbocycles. The summed E-state index contributed by atoms with van der Waals surface area (Å²) in [6, 6.07) is 20.6. The molecule has 0 bridgehead atoms. The number of nitrogens with zero attached hydrogens (tertiary/aromatic N) is 1. The van der Waals surface area contributed by atoms with Gasteiger partial charge in [0.1, 0.15) is 0 Å². The van der Waals surface area contributed by atoms with E-state index in [9.17, 15) is 0 Å². The first-order valence-corrected chi connectivity index (χ1v) is 7.45. The summed E-state index contributed by atoms with van der Waals surface area (Å²) in [7, 11) is 0. The van der Waals surface area contributed by atoms with E-state index in [0.29, 0.717) is 5.92 Å². The predicted molar refractivity (Wildman–Crippen MR) is 85.6 cm³/mol. The molecule has 106 valence electrons. The van der Waals surface area contributed by atoms with Gasteiger partial charge >= 0.3 is 18.9 Å². The molecule has 0 amide bonds. The van der Waals surface area contributed by atoms with Crippen molar-refractivity contribution in [2.45, 2.75) is 39.8 Å². The first-order valence-electron chi connectivity index (χ1n) is 7.45. The van der Waals surface area contributed by atoms with Crippen molar-refractivity contribution in [2.75, 3.05) is 6.54 Å². The molecule has 2 aromatic carbocycles. The van der Waals surface area contributed by atoms with Crippen LogP contribution in [0.4, 0.5) is 0 Å². The topological polar surface area (TPSA) is 3.24 Å². The number of rotatable bonds is 6. The molecule has 0 aliphatic heterocycles. The summed E-state index contributed by atoms with van der Waals surface area (Å²) in [5.41, 5.74) is 4.05. The van der Waals surface area contributed by atoms with Gasteiger partial charge in [0, 0.05) is 13.1 Å². The third-order valence-electron chi connectivity index (χ3n) is 3.64. The molecular formula is C19H24LiN. The van der Waals surface area contributed by atoms with E-state index >= 15 is 0 Å². The van der Waals surface area contributed by atoms with Crippen LogP contribution in [-0.4, -0.2) is 11.4 Å². The molecule has 2 aromatic rings. The van der Waals surface area contributed by atoms with Crippen LogP contribution in [0.25, 0.3) is 0 Å². The van der Waals surface area contributed by atoms with E-state index in [4.69, 9.17) is 0 Å². The molecule has 21 heavy (non-hydrogen) atoms. The van der Waals surface area contributed by atoms with Crippen molar-refractivity contribution in [2.24, 2.45) is 0 Å². The fourth-order valence-electron chi connectivity index (χ4n) is 2.35. The van der Waals surface area contributed by atoms with E-state index in [2.05, 4.69) is 80.3 Å². The number of hydrogen-bond donors (Lipinski definition) is 0. The van der Waals surface area contributed by atoms with Crippen molar-refractivity contribution in [3.63, 3.8) is 0 Å². The van der Waals surface area contributed by atoms with Crippen molar-refractivity contribution < 1.29 is 18.9 Å². The Kier molecular flexibility index (Phi) is 7.82. The minimum Gasteiger partial charge on any atom is -0.297 e. The van der Waals surface area contributed by atoms with Crippen LogP contribution in [0.1, 0.15) is 43.4 Å². The first-order chi connectivity index (χ1) is 9.69. The van der Waals surface area contributed by atoms with Gasteiger partial charge in [0.05, 0.1) is 0 Å². The van der Waals surface area contributed by atoms with Crippen LogP contribution in [0.15, 0.2) is 48.5 Å². The van der Waals surface area contributed by atoms with Crippen molar-refractivity contribution in [3.05, 3.63) is 71.3 Å². The van der Waals surface area contributed by atoms with Gasteiger partial charge in [-0.15, -0.1) is 5.56 Å². The van der Waals surface area contributed by atoms with Crippen LogP contribution in [0, 0.1) is 6.07 Å². The summed E-state index contributed by atoms with van der Waals surface area (Å²) < 4.78 is 0. The predicted octanol–water partition coefficient (Wildman–Crippen LogP) is 1.64. The average molecular weight is 273 g/mol. The van der Waals surface area contributed by atoms with Crippen LogP contribution in [-0.2, 0) is 13.1 Å². The maximum Gasteiger partial charge on any atom is 1.00 e. The van der Waals surface area contributed by atoms with E-state index in [1.165, 1.54) is 16.7 Å². The van der Waals surface area contributed by atoms with Gasteiger partial charge in [-0.05, 0) is 18.0 Å². The average Bonchev–Trinajstić information content (AvgIpc) is 2.48. The van der Waals surface area contributed by atoms with E-state index in [1.54, 1.807) is 0 Å². The molecule has 0 unspecified atom stereocenters. The second-order valence-electron chi connectivity index (χ2n) is 5.59. The molecular weight excluding hydrogens is 249 g/mol. The van der Waals surface area contributed by atoms with Crippen molar-refractivity contribution in [3.8, 4) is 0 Å². The standard InChI is InChI=1S/C19H24N.Li/c1-4-20(14-17-9-6-5-7-10-17)15-18-11-8-12-19(13-18)16(2)3;/h5-10,12-13,16H,4,14-15H2,1-3H3;/q-1;+1. The summed E-state index contributed by atoms with van der Waals surface area (Å²) in [5, 5.41) is 0. The van der Waals surface area contributed by atoms with Gasteiger partial charge in [0.25, 0.3) is 0 Å². The Hall–Kier alpha value is -1.00. The fraction of sp³-hybridized carbons (Fsp3) is 0.368. The molecule has 2 heteroatoms. The Morgan fingerprint density at radius 3 is 2.38 bits per heavy atom. The minimum atomic E-state index is 0. The van der Waals surface area contributed by atoms with Crippen molar-refractivity contribution >= 4 is 0 Å². The Labute approximate surface area is 141 Å². The van der Waals surface area contributed by atoms with Crippen molar-refractivity contribution in [1.29, 1.82) is 0 Å². The van der Waals surface area contributed by atoms with Crippen LogP contribution >= 0.6 is 0 Å². The number of hydrogen-bond acceptors (Lipinski definition) is 1. The Morgan fingerprint density at radius 1 is 1.05 bits per heavy atom. The van der Waals surface area contributed by atoms with Crippen LogP contribution in [0.3, 0.4) is 0 Å². The maximum absolute atomic E-state index is 3.37. The molecule has 0 N–H and O–H groups in total. The molecule has 0 radical (unpaired) electrons. The quantitative estimate of drug-likeness (QED) is 0.571. The van der Waals surface area contributed by atoms with Gasteiger partial charge in [-0.1, -0.05) is 51.1 Å². The smallest absolute Gasteiger partial charge is 0.297 e. The molecule has 0 heterocycles. The zero-order chi connectivity index (χ0) is 14.4. The monoisotopic (exact) mass is 273 g/mol. The second-order valence-corrected chi connectivity index (χ2v) is 5.59. The third kappa shape index (κ3) is 5.71. The minimum absolute atomic E-state index is 0. The SMILES string of the molecule is CCN(Cc1[c-]ccc(C(C)C)c1)Cc1ccccc1.[Li+]. The molecule has 0 aliphatic rings. The summed E-state index contributed by atoms with van der Waals surface area (Å²) in [4.78, 5) is 2.45. The van der Waals surface area contributed by atoms with Crippen LogP contribution < -0.4 is 18.9 Å². The molecule has 0 aliphatic carbocycles. The third-order valence-corrected chi connectivity index (χ3v) is 3.64.